The Morgan fingerprint density at radius 2 is 1.89 bits per heavy atom. The lowest BCUT2D eigenvalue weighted by Crippen LogP contribution is -2.37. The van der Waals surface area contributed by atoms with E-state index in [0.29, 0.717) is 12.6 Å². The van der Waals surface area contributed by atoms with Crippen LogP contribution in [0.1, 0.15) is 60.3 Å². The van der Waals surface area contributed by atoms with Crippen LogP contribution < -0.4 is 10.6 Å². The molecule has 2 aromatic rings. The van der Waals surface area contributed by atoms with E-state index in [1.165, 1.54) is 38.5 Å². The average molecular weight is 433 g/mol. The molecule has 27 heavy (non-hydrogen) atoms. The summed E-state index contributed by atoms with van der Waals surface area (Å²) >= 11 is 1.58. The fourth-order valence-electron chi connectivity index (χ4n) is 3.64. The van der Waals surface area contributed by atoms with Crippen LogP contribution in [-0.4, -0.2) is 34.6 Å². The molecule has 1 saturated carbocycles. The summed E-state index contributed by atoms with van der Waals surface area (Å²) in [6.07, 6.45) is 9.70. The number of thiazole rings is 1. The number of nitrogens with zero attached hydrogens (tertiary/aromatic N) is 2. The number of carbonyl (C=O) groups is 1. The van der Waals surface area contributed by atoms with Gasteiger partial charge in [0.2, 0.25) is 0 Å². The number of aromatic nitrogens is 2. The highest BCUT2D eigenvalue weighted by molar-refractivity contribution is 7.12. The highest BCUT2D eigenvalue weighted by atomic mass is 35.5. The van der Waals surface area contributed by atoms with Gasteiger partial charge in [-0.2, -0.15) is 0 Å². The van der Waals surface area contributed by atoms with Crippen LogP contribution in [0.25, 0.3) is 5.13 Å². The second-order valence-electron chi connectivity index (χ2n) is 6.83. The molecule has 2 heterocycles. The quantitative estimate of drug-likeness (QED) is 0.523. The summed E-state index contributed by atoms with van der Waals surface area (Å²) in [4.78, 5) is 16.9. The minimum atomic E-state index is -0.00132. The Hall–Kier alpha value is -1.08. The first-order chi connectivity index (χ1) is 12.2. The molecule has 152 valence electrons. The Morgan fingerprint density at radius 1 is 1.19 bits per heavy atom. The van der Waals surface area contributed by atoms with Crippen molar-refractivity contribution in [1.29, 1.82) is 0 Å². The molecule has 0 aliphatic heterocycles. The molecule has 3 rings (SSSR count). The van der Waals surface area contributed by atoms with Crippen molar-refractivity contribution in [3.8, 4) is 5.13 Å². The summed E-state index contributed by atoms with van der Waals surface area (Å²) in [6, 6.07) is 2.57. The first-order valence-electron chi connectivity index (χ1n) is 9.27. The lowest BCUT2D eigenvalue weighted by molar-refractivity contribution is 0.0953. The zero-order chi connectivity index (χ0) is 17.6. The summed E-state index contributed by atoms with van der Waals surface area (Å²) in [5, 5.41) is 9.50. The van der Waals surface area contributed by atoms with E-state index in [-0.39, 0.29) is 30.7 Å². The highest BCUT2D eigenvalue weighted by Crippen LogP contribution is 2.22. The third kappa shape index (κ3) is 6.21. The van der Waals surface area contributed by atoms with Gasteiger partial charge in [0.05, 0.1) is 5.56 Å². The number of hydrogen-bond donors (Lipinski definition) is 2. The van der Waals surface area contributed by atoms with Gasteiger partial charge in [-0.3, -0.25) is 9.36 Å². The smallest absolute Gasteiger partial charge is 0.253 e. The van der Waals surface area contributed by atoms with Gasteiger partial charge in [0.1, 0.15) is 0 Å². The minimum absolute atomic E-state index is 0. The van der Waals surface area contributed by atoms with Gasteiger partial charge < -0.3 is 10.6 Å². The van der Waals surface area contributed by atoms with Gasteiger partial charge in [0, 0.05) is 42.1 Å². The Balaban J connectivity index is 0.00000182. The van der Waals surface area contributed by atoms with Crippen molar-refractivity contribution < 1.29 is 4.79 Å². The van der Waals surface area contributed by atoms with Crippen LogP contribution in [0.4, 0.5) is 0 Å². The molecule has 1 aliphatic rings. The van der Waals surface area contributed by atoms with Crippen molar-refractivity contribution >= 4 is 42.1 Å². The zero-order valence-corrected chi connectivity index (χ0v) is 18.4. The lowest BCUT2D eigenvalue weighted by Gasteiger charge is -2.16. The Morgan fingerprint density at radius 3 is 2.52 bits per heavy atom. The summed E-state index contributed by atoms with van der Waals surface area (Å²) in [7, 11) is 0. The molecule has 2 aromatic heterocycles. The molecule has 0 atom stereocenters. The second kappa shape index (κ2) is 11.7. The molecule has 1 fully saturated rings. The maximum absolute atomic E-state index is 12.5. The largest absolute Gasteiger partial charge is 0.351 e. The van der Waals surface area contributed by atoms with Gasteiger partial charge in [-0.25, -0.2) is 4.98 Å². The first kappa shape index (κ1) is 24.0. The number of rotatable bonds is 6. The Labute approximate surface area is 178 Å². The first-order valence-corrected chi connectivity index (χ1v) is 10.1. The third-order valence-corrected chi connectivity index (χ3v) is 5.74. The minimum Gasteiger partial charge on any atom is -0.351 e. The van der Waals surface area contributed by atoms with E-state index in [1.807, 2.05) is 29.9 Å². The molecular weight excluding hydrogens is 403 g/mol. The lowest BCUT2D eigenvalue weighted by atomic mass is 10.1. The van der Waals surface area contributed by atoms with Gasteiger partial charge in [-0.1, -0.05) is 25.7 Å². The van der Waals surface area contributed by atoms with E-state index in [0.717, 1.165) is 28.6 Å². The molecule has 0 saturated heterocycles. The van der Waals surface area contributed by atoms with E-state index in [1.54, 1.807) is 17.5 Å². The van der Waals surface area contributed by atoms with Crippen LogP contribution in [0.15, 0.2) is 17.6 Å². The molecule has 8 heteroatoms. The molecule has 0 radical (unpaired) electrons. The van der Waals surface area contributed by atoms with E-state index in [4.69, 9.17) is 0 Å². The van der Waals surface area contributed by atoms with Crippen molar-refractivity contribution in [3.05, 3.63) is 34.6 Å². The standard InChI is InChI=1S/C19H28N4OS.2ClH/c1-14-13-17(15(2)23(14)19-22-11-12-25-19)18(24)21-10-9-20-16-7-5-3-4-6-8-16;;/h11-13,16,20H,3-10H2,1-2H3,(H,21,24);2*1H. The maximum Gasteiger partial charge on any atom is 0.253 e. The third-order valence-electron chi connectivity index (χ3n) is 4.99. The molecule has 0 bridgehead atoms. The number of nitrogens with one attached hydrogen (secondary N) is 2. The predicted molar refractivity (Wildman–Crippen MR) is 117 cm³/mol. The average Bonchev–Trinajstić information content (AvgIpc) is 3.12. The van der Waals surface area contributed by atoms with Gasteiger partial charge >= 0.3 is 0 Å². The summed E-state index contributed by atoms with van der Waals surface area (Å²) in [5.74, 6) is -0.00132. The fraction of sp³-hybridized carbons (Fsp3) is 0.579. The van der Waals surface area contributed by atoms with Crippen molar-refractivity contribution in [2.24, 2.45) is 0 Å². The molecule has 0 aromatic carbocycles. The predicted octanol–water partition coefficient (Wildman–Crippen LogP) is 4.44. The van der Waals surface area contributed by atoms with E-state index in [9.17, 15) is 4.79 Å². The van der Waals surface area contributed by atoms with Crippen LogP contribution in [-0.2, 0) is 0 Å². The number of aryl methyl sites for hydroxylation is 1. The van der Waals surface area contributed by atoms with Gasteiger partial charge in [0.25, 0.3) is 5.91 Å². The summed E-state index contributed by atoms with van der Waals surface area (Å²) < 4.78 is 2.04. The normalized spacial score (nSPS) is 14.7. The van der Waals surface area contributed by atoms with Crippen LogP contribution in [0, 0.1) is 13.8 Å². The number of halogens is 2. The topological polar surface area (TPSA) is 59.0 Å². The van der Waals surface area contributed by atoms with Gasteiger partial charge in [-0.15, -0.1) is 36.2 Å². The molecule has 0 unspecified atom stereocenters. The monoisotopic (exact) mass is 432 g/mol. The molecule has 5 nitrogen and oxygen atoms in total. The van der Waals surface area contributed by atoms with E-state index in [2.05, 4.69) is 15.6 Å². The van der Waals surface area contributed by atoms with Crippen LogP contribution in [0.3, 0.4) is 0 Å². The zero-order valence-electron chi connectivity index (χ0n) is 16.0. The highest BCUT2D eigenvalue weighted by Gasteiger charge is 2.17. The Kier molecular flexibility index (Phi) is 10.4. The Bertz CT molecular complexity index is 695. The maximum atomic E-state index is 12.5. The van der Waals surface area contributed by atoms with E-state index < -0.39 is 0 Å². The van der Waals surface area contributed by atoms with Crippen molar-refractivity contribution in [2.45, 2.75) is 58.4 Å². The second-order valence-corrected chi connectivity index (χ2v) is 7.71. The van der Waals surface area contributed by atoms with Gasteiger partial charge in [-0.05, 0) is 32.8 Å². The fourth-order valence-corrected chi connectivity index (χ4v) is 4.40. The van der Waals surface area contributed by atoms with Crippen molar-refractivity contribution in [1.82, 2.24) is 20.2 Å². The number of hydrogen-bond acceptors (Lipinski definition) is 4. The number of amides is 1. The molecule has 2 N–H and O–H groups in total. The summed E-state index contributed by atoms with van der Waals surface area (Å²) in [5.41, 5.74) is 2.72. The molecule has 1 amide bonds. The van der Waals surface area contributed by atoms with Crippen LogP contribution >= 0.6 is 36.2 Å². The van der Waals surface area contributed by atoms with Crippen LogP contribution in [0.5, 0.6) is 0 Å². The van der Waals surface area contributed by atoms with E-state index >= 15 is 0 Å². The summed E-state index contributed by atoms with van der Waals surface area (Å²) in [6.45, 7) is 5.49. The SMILES string of the molecule is Cc1cc(C(=O)NCCNC2CCCCCC2)c(C)n1-c1nccs1.Cl.Cl. The molecular formula is C19H30Cl2N4OS. The van der Waals surface area contributed by atoms with Crippen LogP contribution in [0.2, 0.25) is 0 Å². The van der Waals surface area contributed by atoms with Crippen molar-refractivity contribution in [2.75, 3.05) is 13.1 Å². The van der Waals surface area contributed by atoms with Gasteiger partial charge in [0.15, 0.2) is 5.13 Å². The van der Waals surface area contributed by atoms with Crippen molar-refractivity contribution in [3.63, 3.8) is 0 Å². The number of carbonyl (C=O) groups excluding carboxylic acids is 1. The molecule has 1 aliphatic carbocycles. The molecule has 0 spiro atoms.